The number of nitro groups is 1. The molecule has 0 aromatic carbocycles. The molecule has 0 aliphatic heterocycles. The minimum Gasteiger partial charge on any atom is -0.380 e. The Bertz CT molecular complexity index is 766. The van der Waals surface area contributed by atoms with Gasteiger partial charge in [-0.15, -0.1) is 0 Å². The van der Waals surface area contributed by atoms with E-state index < -0.39 is 4.92 Å². The molecule has 0 spiro atoms. The first-order valence-electron chi connectivity index (χ1n) is 5.57. The van der Waals surface area contributed by atoms with Crippen molar-refractivity contribution in [3.8, 4) is 21.8 Å². The van der Waals surface area contributed by atoms with Crippen LogP contribution in [0.5, 0.6) is 0 Å². The monoisotopic (exact) mass is 288 g/mol. The molecule has 0 amide bonds. The Morgan fingerprint density at radius 3 is 2.65 bits per heavy atom. The zero-order valence-electron chi connectivity index (χ0n) is 10.0. The van der Waals surface area contributed by atoms with Crippen molar-refractivity contribution in [1.82, 2.24) is 10.1 Å². The fourth-order valence-corrected chi connectivity index (χ4v) is 2.62. The second kappa shape index (κ2) is 4.74. The fourth-order valence-electron chi connectivity index (χ4n) is 1.82. The molecule has 0 fully saturated rings. The summed E-state index contributed by atoms with van der Waals surface area (Å²) in [5, 5.41) is 14.5. The van der Waals surface area contributed by atoms with Crippen molar-refractivity contribution >= 4 is 22.2 Å². The normalized spacial score (nSPS) is 10.6. The second-order valence-electron chi connectivity index (χ2n) is 3.90. The third-order valence-electron chi connectivity index (χ3n) is 2.68. The molecule has 0 saturated heterocycles. The van der Waals surface area contributed by atoms with Crippen LogP contribution in [0.15, 0.2) is 41.2 Å². The maximum atomic E-state index is 10.7. The highest BCUT2D eigenvalue weighted by molar-refractivity contribution is 7.18. The molecule has 0 radical (unpaired) electrons. The van der Waals surface area contributed by atoms with Crippen molar-refractivity contribution in [2.45, 2.75) is 0 Å². The largest absolute Gasteiger partial charge is 0.380 e. The summed E-state index contributed by atoms with van der Waals surface area (Å²) in [5.41, 5.74) is 7.23. The number of nitrogen functional groups attached to an aromatic ring is 1. The van der Waals surface area contributed by atoms with Crippen molar-refractivity contribution in [3.05, 3.63) is 46.8 Å². The number of pyridine rings is 1. The second-order valence-corrected chi connectivity index (χ2v) is 4.97. The van der Waals surface area contributed by atoms with Crippen LogP contribution in [0.4, 0.5) is 10.8 Å². The SMILES string of the molecule is Nc1noc(-c2ccc([N+](=O)[O-])s2)c1-c1ccncc1. The van der Waals surface area contributed by atoms with Gasteiger partial charge in [0.1, 0.15) is 0 Å². The molecular formula is C12H8N4O3S. The number of hydrogen-bond donors (Lipinski definition) is 1. The maximum absolute atomic E-state index is 10.7. The van der Waals surface area contributed by atoms with Gasteiger partial charge in [0.15, 0.2) is 11.6 Å². The van der Waals surface area contributed by atoms with Crippen LogP contribution in [0.25, 0.3) is 21.8 Å². The van der Waals surface area contributed by atoms with Crippen molar-refractivity contribution in [1.29, 1.82) is 0 Å². The summed E-state index contributed by atoms with van der Waals surface area (Å²) in [6, 6.07) is 6.59. The van der Waals surface area contributed by atoms with E-state index >= 15 is 0 Å². The lowest BCUT2D eigenvalue weighted by atomic mass is 10.1. The third-order valence-corrected chi connectivity index (χ3v) is 3.72. The molecule has 100 valence electrons. The number of aromatic nitrogens is 2. The summed E-state index contributed by atoms with van der Waals surface area (Å²) in [5.74, 6) is 0.661. The highest BCUT2D eigenvalue weighted by atomic mass is 32.1. The van der Waals surface area contributed by atoms with Crippen LogP contribution in [0, 0.1) is 10.1 Å². The van der Waals surface area contributed by atoms with E-state index in [-0.39, 0.29) is 10.8 Å². The summed E-state index contributed by atoms with van der Waals surface area (Å²) in [6.07, 6.45) is 3.25. The topological polar surface area (TPSA) is 108 Å². The van der Waals surface area contributed by atoms with Crippen LogP contribution in [-0.2, 0) is 0 Å². The lowest BCUT2D eigenvalue weighted by Gasteiger charge is -1.99. The van der Waals surface area contributed by atoms with Gasteiger partial charge in [-0.3, -0.25) is 15.1 Å². The summed E-state index contributed by atoms with van der Waals surface area (Å²) < 4.78 is 5.22. The average molecular weight is 288 g/mol. The highest BCUT2D eigenvalue weighted by Gasteiger charge is 2.21. The number of rotatable bonds is 3. The molecule has 0 bridgehead atoms. The quantitative estimate of drug-likeness (QED) is 0.586. The predicted octanol–water partition coefficient (Wildman–Crippen LogP) is 2.96. The molecule has 0 unspecified atom stereocenters. The zero-order valence-corrected chi connectivity index (χ0v) is 10.8. The van der Waals surface area contributed by atoms with Gasteiger partial charge in [0, 0.05) is 18.5 Å². The number of nitrogens with two attached hydrogens (primary N) is 1. The molecule has 0 aliphatic rings. The van der Waals surface area contributed by atoms with Crippen LogP contribution < -0.4 is 5.73 Å². The van der Waals surface area contributed by atoms with Crippen LogP contribution in [0.3, 0.4) is 0 Å². The maximum Gasteiger partial charge on any atom is 0.324 e. The summed E-state index contributed by atoms with van der Waals surface area (Å²) in [4.78, 5) is 14.8. The minimum absolute atomic E-state index is 0.0376. The molecule has 0 atom stereocenters. The van der Waals surface area contributed by atoms with Gasteiger partial charge in [-0.05, 0) is 23.8 Å². The Morgan fingerprint density at radius 1 is 1.25 bits per heavy atom. The van der Waals surface area contributed by atoms with Crippen LogP contribution in [0.2, 0.25) is 0 Å². The summed E-state index contributed by atoms with van der Waals surface area (Å²) in [6.45, 7) is 0. The minimum atomic E-state index is -0.444. The summed E-state index contributed by atoms with van der Waals surface area (Å²) in [7, 11) is 0. The molecule has 0 saturated carbocycles. The number of nitrogens with zero attached hydrogens (tertiary/aromatic N) is 3. The van der Waals surface area contributed by atoms with Crippen molar-refractivity contribution in [2.75, 3.05) is 5.73 Å². The zero-order chi connectivity index (χ0) is 14.1. The van der Waals surface area contributed by atoms with E-state index in [4.69, 9.17) is 10.3 Å². The Labute approximate surface area is 116 Å². The molecule has 7 nitrogen and oxygen atoms in total. The van der Waals surface area contributed by atoms with Gasteiger partial charge in [0.2, 0.25) is 0 Å². The van der Waals surface area contributed by atoms with Gasteiger partial charge in [-0.1, -0.05) is 16.5 Å². The fraction of sp³-hybridized carbons (Fsp3) is 0. The molecule has 3 heterocycles. The van der Waals surface area contributed by atoms with Gasteiger partial charge < -0.3 is 10.3 Å². The van der Waals surface area contributed by atoms with Gasteiger partial charge in [0.25, 0.3) is 0 Å². The van der Waals surface area contributed by atoms with Gasteiger partial charge in [-0.25, -0.2) is 0 Å². The molecule has 3 rings (SSSR count). The van der Waals surface area contributed by atoms with Gasteiger partial charge in [0.05, 0.1) is 15.4 Å². The molecule has 3 aromatic rings. The molecule has 3 aromatic heterocycles. The van der Waals surface area contributed by atoms with Crippen molar-refractivity contribution in [3.63, 3.8) is 0 Å². The lowest BCUT2D eigenvalue weighted by molar-refractivity contribution is -0.380. The smallest absolute Gasteiger partial charge is 0.324 e. The average Bonchev–Trinajstić information content (AvgIpc) is 3.06. The van der Waals surface area contributed by atoms with E-state index in [0.29, 0.717) is 16.2 Å². The van der Waals surface area contributed by atoms with Gasteiger partial charge in [-0.2, -0.15) is 0 Å². The Kier molecular flexibility index (Phi) is 2.92. The highest BCUT2D eigenvalue weighted by Crippen LogP contribution is 2.40. The van der Waals surface area contributed by atoms with E-state index in [1.54, 1.807) is 30.6 Å². The first-order chi connectivity index (χ1) is 9.66. The Hall–Kier alpha value is -2.74. The van der Waals surface area contributed by atoms with Crippen LogP contribution in [0.1, 0.15) is 0 Å². The van der Waals surface area contributed by atoms with E-state index in [1.165, 1.54) is 6.07 Å². The number of anilines is 1. The summed E-state index contributed by atoms with van der Waals surface area (Å²) >= 11 is 1.01. The molecular weight excluding hydrogens is 280 g/mol. The Balaban J connectivity index is 2.13. The van der Waals surface area contributed by atoms with E-state index in [1.807, 2.05) is 0 Å². The third kappa shape index (κ3) is 2.01. The standard InChI is InChI=1S/C12H8N4O3S/c13-12-10(7-3-5-14-6-4-7)11(19-15-12)8-1-2-9(20-8)16(17)18/h1-6H,(H2,13,15). The lowest BCUT2D eigenvalue weighted by Crippen LogP contribution is -1.88. The molecule has 8 heteroatoms. The van der Waals surface area contributed by atoms with E-state index in [2.05, 4.69) is 10.1 Å². The van der Waals surface area contributed by atoms with E-state index in [0.717, 1.165) is 16.9 Å². The van der Waals surface area contributed by atoms with Gasteiger partial charge >= 0.3 is 5.00 Å². The molecule has 0 aliphatic carbocycles. The van der Waals surface area contributed by atoms with Crippen molar-refractivity contribution < 1.29 is 9.45 Å². The van der Waals surface area contributed by atoms with Crippen LogP contribution in [-0.4, -0.2) is 15.1 Å². The van der Waals surface area contributed by atoms with Crippen LogP contribution >= 0.6 is 11.3 Å². The first-order valence-corrected chi connectivity index (χ1v) is 6.38. The molecule has 20 heavy (non-hydrogen) atoms. The number of thiophene rings is 1. The molecule has 2 N–H and O–H groups in total. The number of hydrogen-bond acceptors (Lipinski definition) is 7. The Morgan fingerprint density at radius 2 is 2.00 bits per heavy atom. The van der Waals surface area contributed by atoms with Crippen molar-refractivity contribution in [2.24, 2.45) is 0 Å². The first kappa shape index (κ1) is 12.3. The van der Waals surface area contributed by atoms with E-state index in [9.17, 15) is 10.1 Å². The predicted molar refractivity (Wildman–Crippen MR) is 74.1 cm³/mol.